The summed E-state index contributed by atoms with van der Waals surface area (Å²) in [6, 6.07) is 8.14. The molecule has 2 aromatic rings. The number of nitrogens with two attached hydrogens (primary N) is 1. The van der Waals surface area contributed by atoms with E-state index in [0.29, 0.717) is 6.54 Å². The fourth-order valence-electron chi connectivity index (χ4n) is 2.22. The van der Waals surface area contributed by atoms with E-state index in [1.807, 2.05) is 18.2 Å². The molecule has 0 radical (unpaired) electrons. The molecule has 0 saturated carbocycles. The highest BCUT2D eigenvalue weighted by molar-refractivity contribution is 5.82. The molecule has 0 amide bonds. The van der Waals surface area contributed by atoms with E-state index in [1.165, 1.54) is 10.9 Å². The van der Waals surface area contributed by atoms with Crippen LogP contribution in [0.1, 0.15) is 24.7 Å². The third kappa shape index (κ3) is 2.51. The first kappa shape index (κ1) is 12.1. The minimum atomic E-state index is 0.462. The van der Waals surface area contributed by atoms with Crippen LogP contribution < -0.4 is 5.73 Å². The molecule has 92 valence electrons. The average Bonchev–Trinajstić information content (AvgIpc) is 2.68. The van der Waals surface area contributed by atoms with Crippen LogP contribution in [0.15, 0.2) is 28.7 Å². The Labute approximate surface area is 102 Å². The summed E-state index contributed by atoms with van der Waals surface area (Å²) in [7, 11) is 2.13. The Hall–Kier alpha value is -1.32. The van der Waals surface area contributed by atoms with Crippen molar-refractivity contribution in [3.05, 3.63) is 35.6 Å². The van der Waals surface area contributed by atoms with Gasteiger partial charge in [-0.2, -0.15) is 0 Å². The number of hydrogen-bond acceptors (Lipinski definition) is 3. The van der Waals surface area contributed by atoms with Crippen LogP contribution in [0.2, 0.25) is 0 Å². The summed E-state index contributed by atoms with van der Waals surface area (Å²) in [5.41, 5.74) is 7.92. The smallest absolute Gasteiger partial charge is 0.134 e. The van der Waals surface area contributed by atoms with Gasteiger partial charge in [-0.15, -0.1) is 0 Å². The number of fused-ring (bicyclic) bond motifs is 1. The maximum absolute atomic E-state index is 5.78. The van der Waals surface area contributed by atoms with Gasteiger partial charge >= 0.3 is 0 Å². The van der Waals surface area contributed by atoms with Crippen LogP contribution in [0.25, 0.3) is 11.0 Å². The molecule has 1 aromatic heterocycles. The third-order valence-electron chi connectivity index (χ3n) is 3.00. The van der Waals surface area contributed by atoms with Gasteiger partial charge in [0, 0.05) is 17.5 Å². The van der Waals surface area contributed by atoms with Crippen LogP contribution in [0.4, 0.5) is 0 Å². The second-order valence-electron chi connectivity index (χ2n) is 4.44. The molecule has 2 N–H and O–H groups in total. The van der Waals surface area contributed by atoms with Gasteiger partial charge in [0.2, 0.25) is 0 Å². The molecule has 0 aliphatic rings. The van der Waals surface area contributed by atoms with E-state index in [0.717, 1.165) is 30.9 Å². The van der Waals surface area contributed by atoms with Crippen molar-refractivity contribution in [3.63, 3.8) is 0 Å². The van der Waals surface area contributed by atoms with Crippen LogP contribution in [-0.4, -0.2) is 18.5 Å². The summed E-state index contributed by atoms with van der Waals surface area (Å²) in [4.78, 5) is 2.30. The van der Waals surface area contributed by atoms with Gasteiger partial charge in [0.05, 0.1) is 6.54 Å². The molecule has 2 rings (SSSR count). The molecular formula is C14H20N2O. The minimum absolute atomic E-state index is 0.462. The Kier molecular flexibility index (Phi) is 3.82. The molecule has 17 heavy (non-hydrogen) atoms. The van der Waals surface area contributed by atoms with Crippen molar-refractivity contribution < 1.29 is 4.42 Å². The average molecular weight is 232 g/mol. The predicted molar refractivity (Wildman–Crippen MR) is 70.7 cm³/mol. The lowest BCUT2D eigenvalue weighted by molar-refractivity contribution is 0.325. The van der Waals surface area contributed by atoms with Crippen molar-refractivity contribution in [2.24, 2.45) is 5.73 Å². The molecule has 0 aliphatic carbocycles. The third-order valence-corrected chi connectivity index (χ3v) is 3.00. The Morgan fingerprint density at radius 3 is 2.76 bits per heavy atom. The number of benzene rings is 1. The lowest BCUT2D eigenvalue weighted by Gasteiger charge is -2.15. The monoisotopic (exact) mass is 232 g/mol. The number of furan rings is 1. The van der Waals surface area contributed by atoms with Gasteiger partial charge in [-0.05, 0) is 26.1 Å². The molecule has 3 nitrogen and oxygen atoms in total. The first-order valence-electron chi connectivity index (χ1n) is 6.14. The predicted octanol–water partition coefficient (Wildman–Crippen LogP) is 2.73. The van der Waals surface area contributed by atoms with E-state index < -0.39 is 0 Å². The van der Waals surface area contributed by atoms with Crippen LogP contribution in [0.3, 0.4) is 0 Å². The quantitative estimate of drug-likeness (QED) is 0.862. The molecular weight excluding hydrogens is 212 g/mol. The second-order valence-corrected chi connectivity index (χ2v) is 4.44. The Morgan fingerprint density at radius 2 is 2.06 bits per heavy atom. The standard InChI is InChI=1S/C14H20N2O/c1-3-8-16(2)10-12-11-6-4-5-7-13(11)17-14(12)9-15/h4-7H,3,8-10,15H2,1-2H3. The molecule has 0 unspecified atom stereocenters. The Bertz CT molecular complexity index is 490. The molecule has 1 aromatic carbocycles. The zero-order chi connectivity index (χ0) is 12.3. The Balaban J connectivity index is 2.36. The highest BCUT2D eigenvalue weighted by Gasteiger charge is 2.13. The maximum atomic E-state index is 5.78. The van der Waals surface area contributed by atoms with E-state index in [4.69, 9.17) is 10.2 Å². The first-order chi connectivity index (χ1) is 8.26. The SMILES string of the molecule is CCCN(C)Cc1c(CN)oc2ccccc12. The normalized spacial score (nSPS) is 11.5. The minimum Gasteiger partial charge on any atom is -0.459 e. The van der Waals surface area contributed by atoms with Crippen molar-refractivity contribution in [2.75, 3.05) is 13.6 Å². The maximum Gasteiger partial charge on any atom is 0.134 e. The summed E-state index contributed by atoms with van der Waals surface area (Å²) >= 11 is 0. The van der Waals surface area contributed by atoms with Gasteiger partial charge in [0.25, 0.3) is 0 Å². The molecule has 0 aliphatic heterocycles. The van der Waals surface area contributed by atoms with E-state index in [2.05, 4.69) is 24.9 Å². The number of hydrogen-bond donors (Lipinski definition) is 1. The molecule has 3 heteroatoms. The van der Waals surface area contributed by atoms with Gasteiger partial charge in [-0.25, -0.2) is 0 Å². The molecule has 0 atom stereocenters. The largest absolute Gasteiger partial charge is 0.459 e. The van der Waals surface area contributed by atoms with Crippen LogP contribution in [-0.2, 0) is 13.1 Å². The molecule has 0 spiro atoms. The first-order valence-corrected chi connectivity index (χ1v) is 6.14. The number of rotatable bonds is 5. The van der Waals surface area contributed by atoms with Crippen molar-refractivity contribution in [1.82, 2.24) is 4.90 Å². The van der Waals surface area contributed by atoms with Gasteiger partial charge in [-0.3, -0.25) is 0 Å². The summed E-state index contributed by atoms with van der Waals surface area (Å²) < 4.78 is 5.78. The van der Waals surface area contributed by atoms with Gasteiger partial charge in [-0.1, -0.05) is 25.1 Å². The summed E-state index contributed by atoms with van der Waals surface area (Å²) in [5.74, 6) is 0.911. The van der Waals surface area contributed by atoms with E-state index in [-0.39, 0.29) is 0 Å². The number of nitrogens with zero attached hydrogens (tertiary/aromatic N) is 1. The summed E-state index contributed by atoms with van der Waals surface area (Å²) in [6.07, 6.45) is 1.16. The number of para-hydroxylation sites is 1. The van der Waals surface area contributed by atoms with Gasteiger partial charge in [0.15, 0.2) is 0 Å². The summed E-state index contributed by atoms with van der Waals surface area (Å²) in [6.45, 7) is 4.64. The van der Waals surface area contributed by atoms with Crippen LogP contribution in [0.5, 0.6) is 0 Å². The fraction of sp³-hybridized carbons (Fsp3) is 0.429. The summed E-state index contributed by atoms with van der Waals surface area (Å²) in [5, 5.41) is 1.19. The van der Waals surface area contributed by atoms with E-state index in [9.17, 15) is 0 Å². The van der Waals surface area contributed by atoms with E-state index >= 15 is 0 Å². The lowest BCUT2D eigenvalue weighted by atomic mass is 10.1. The zero-order valence-corrected chi connectivity index (χ0v) is 10.6. The fourth-order valence-corrected chi connectivity index (χ4v) is 2.22. The topological polar surface area (TPSA) is 42.4 Å². The highest BCUT2D eigenvalue weighted by atomic mass is 16.3. The highest BCUT2D eigenvalue weighted by Crippen LogP contribution is 2.26. The molecule has 1 heterocycles. The van der Waals surface area contributed by atoms with Gasteiger partial charge in [0.1, 0.15) is 11.3 Å². The van der Waals surface area contributed by atoms with Crippen molar-refractivity contribution in [1.29, 1.82) is 0 Å². The van der Waals surface area contributed by atoms with Crippen LogP contribution >= 0.6 is 0 Å². The van der Waals surface area contributed by atoms with E-state index in [1.54, 1.807) is 0 Å². The molecule has 0 saturated heterocycles. The van der Waals surface area contributed by atoms with Gasteiger partial charge < -0.3 is 15.1 Å². The lowest BCUT2D eigenvalue weighted by Crippen LogP contribution is -2.19. The molecule has 0 fully saturated rings. The molecule has 0 bridgehead atoms. The Morgan fingerprint density at radius 1 is 1.29 bits per heavy atom. The zero-order valence-electron chi connectivity index (χ0n) is 10.6. The van der Waals surface area contributed by atoms with Crippen molar-refractivity contribution in [2.45, 2.75) is 26.4 Å². The van der Waals surface area contributed by atoms with Crippen LogP contribution in [0, 0.1) is 0 Å². The van der Waals surface area contributed by atoms with Crippen molar-refractivity contribution in [3.8, 4) is 0 Å². The second kappa shape index (κ2) is 5.34. The van der Waals surface area contributed by atoms with Crippen molar-refractivity contribution >= 4 is 11.0 Å².